The minimum Gasteiger partial charge on any atom is -0.496 e. The smallest absolute Gasteiger partial charge is 0.320 e. The van der Waals surface area contributed by atoms with Gasteiger partial charge in [-0.05, 0) is 37.5 Å². The molecule has 0 aliphatic rings. The third kappa shape index (κ3) is 3.12. The molecule has 19 heavy (non-hydrogen) atoms. The van der Waals surface area contributed by atoms with Crippen LogP contribution < -0.4 is 10.5 Å². The lowest BCUT2D eigenvalue weighted by Crippen LogP contribution is -2.32. The SMILES string of the molecule is COc1c(C)c(C)cc(C)c1C(=O)CC(N)C(=O)O. The van der Waals surface area contributed by atoms with E-state index in [0.29, 0.717) is 11.3 Å². The molecule has 0 radical (unpaired) electrons. The van der Waals surface area contributed by atoms with Gasteiger partial charge in [-0.25, -0.2) is 0 Å². The number of carbonyl (C=O) groups excluding carboxylic acids is 1. The van der Waals surface area contributed by atoms with Crippen LogP contribution in [0.1, 0.15) is 33.5 Å². The van der Waals surface area contributed by atoms with Crippen molar-refractivity contribution in [2.75, 3.05) is 7.11 Å². The molecule has 0 spiro atoms. The molecule has 0 saturated carbocycles. The summed E-state index contributed by atoms with van der Waals surface area (Å²) in [5.74, 6) is -0.999. The molecule has 5 nitrogen and oxygen atoms in total. The maximum Gasteiger partial charge on any atom is 0.320 e. The summed E-state index contributed by atoms with van der Waals surface area (Å²) in [6.07, 6.45) is -0.241. The number of ketones is 1. The van der Waals surface area contributed by atoms with Crippen LogP contribution in [0.2, 0.25) is 0 Å². The van der Waals surface area contributed by atoms with Gasteiger partial charge in [-0.1, -0.05) is 6.07 Å². The van der Waals surface area contributed by atoms with Crippen LogP contribution in [0.25, 0.3) is 0 Å². The molecular weight excluding hydrogens is 246 g/mol. The van der Waals surface area contributed by atoms with Gasteiger partial charge in [0.05, 0.1) is 12.7 Å². The van der Waals surface area contributed by atoms with E-state index >= 15 is 0 Å². The van der Waals surface area contributed by atoms with Gasteiger partial charge in [-0.15, -0.1) is 0 Å². The van der Waals surface area contributed by atoms with Gasteiger partial charge >= 0.3 is 5.97 Å². The number of hydrogen-bond acceptors (Lipinski definition) is 4. The molecule has 0 aliphatic heterocycles. The number of carboxylic acids is 1. The summed E-state index contributed by atoms with van der Waals surface area (Å²) < 4.78 is 5.29. The van der Waals surface area contributed by atoms with Crippen LogP contribution in [-0.4, -0.2) is 30.0 Å². The van der Waals surface area contributed by atoms with Crippen molar-refractivity contribution < 1.29 is 19.4 Å². The summed E-state index contributed by atoms with van der Waals surface area (Å²) in [5, 5.41) is 8.76. The molecule has 1 unspecified atom stereocenters. The predicted molar refractivity (Wildman–Crippen MR) is 71.8 cm³/mol. The monoisotopic (exact) mass is 265 g/mol. The predicted octanol–water partition coefficient (Wildman–Crippen LogP) is 1.61. The zero-order valence-corrected chi connectivity index (χ0v) is 11.6. The van der Waals surface area contributed by atoms with Crippen LogP contribution in [0.4, 0.5) is 0 Å². The Morgan fingerprint density at radius 1 is 1.32 bits per heavy atom. The van der Waals surface area contributed by atoms with E-state index in [1.165, 1.54) is 7.11 Å². The Kier molecular flexibility index (Phi) is 4.67. The molecule has 1 aromatic carbocycles. The van der Waals surface area contributed by atoms with Crippen molar-refractivity contribution in [3.05, 3.63) is 28.3 Å². The summed E-state index contributed by atoms with van der Waals surface area (Å²) >= 11 is 0. The van der Waals surface area contributed by atoms with Crippen molar-refractivity contribution in [2.24, 2.45) is 5.73 Å². The topological polar surface area (TPSA) is 89.6 Å². The first-order valence-corrected chi connectivity index (χ1v) is 5.96. The molecule has 104 valence electrons. The molecule has 0 fully saturated rings. The fraction of sp³-hybridized carbons (Fsp3) is 0.429. The number of rotatable bonds is 5. The number of carbonyl (C=O) groups is 2. The van der Waals surface area contributed by atoms with E-state index in [4.69, 9.17) is 15.6 Å². The molecule has 3 N–H and O–H groups in total. The first-order chi connectivity index (χ1) is 8.79. The highest BCUT2D eigenvalue weighted by Gasteiger charge is 2.23. The standard InChI is InChI=1S/C14H19NO4/c1-7-5-8(2)12(13(19-4)9(7)3)11(16)6-10(15)14(17)18/h5,10H,6,15H2,1-4H3,(H,17,18). The number of Topliss-reactive ketones (excluding diaryl/α,β-unsaturated/α-hetero) is 1. The Morgan fingerprint density at radius 2 is 1.89 bits per heavy atom. The third-order valence-electron chi connectivity index (χ3n) is 3.19. The van der Waals surface area contributed by atoms with E-state index in [1.54, 1.807) is 6.92 Å². The Balaban J connectivity index is 3.23. The molecule has 0 heterocycles. The van der Waals surface area contributed by atoms with Crippen molar-refractivity contribution >= 4 is 11.8 Å². The van der Waals surface area contributed by atoms with E-state index < -0.39 is 12.0 Å². The normalized spacial score (nSPS) is 12.1. The Hall–Kier alpha value is -1.88. The fourth-order valence-electron chi connectivity index (χ4n) is 2.04. The van der Waals surface area contributed by atoms with Crippen LogP contribution in [-0.2, 0) is 4.79 Å². The summed E-state index contributed by atoms with van der Waals surface area (Å²) in [6, 6.07) is 0.690. The molecule has 1 atom stereocenters. The average Bonchev–Trinajstić information content (AvgIpc) is 2.32. The molecule has 0 amide bonds. The Bertz CT molecular complexity index is 523. The number of methoxy groups -OCH3 is 1. The number of carboxylic acid groups (broad SMARTS) is 1. The molecule has 1 rings (SSSR count). The minimum absolute atomic E-state index is 0.241. The quantitative estimate of drug-likeness (QED) is 0.789. The van der Waals surface area contributed by atoms with Gasteiger partial charge in [0.1, 0.15) is 11.8 Å². The number of benzene rings is 1. The highest BCUT2D eigenvalue weighted by Crippen LogP contribution is 2.30. The maximum absolute atomic E-state index is 12.2. The number of aliphatic carboxylic acids is 1. The van der Waals surface area contributed by atoms with E-state index in [2.05, 4.69) is 0 Å². The number of ether oxygens (including phenoxy) is 1. The van der Waals surface area contributed by atoms with Crippen LogP contribution >= 0.6 is 0 Å². The van der Waals surface area contributed by atoms with E-state index in [1.807, 2.05) is 19.9 Å². The van der Waals surface area contributed by atoms with Gasteiger partial charge in [0.15, 0.2) is 5.78 Å². The Morgan fingerprint density at radius 3 is 2.37 bits per heavy atom. The van der Waals surface area contributed by atoms with Gasteiger partial charge in [0.25, 0.3) is 0 Å². The van der Waals surface area contributed by atoms with Gasteiger partial charge < -0.3 is 15.6 Å². The minimum atomic E-state index is -1.20. The number of aryl methyl sites for hydroxylation is 2. The summed E-state index contributed by atoms with van der Waals surface area (Å²) in [6.45, 7) is 5.60. The molecule has 0 bridgehead atoms. The molecule has 0 aliphatic carbocycles. The lowest BCUT2D eigenvalue weighted by molar-refractivity contribution is -0.138. The second kappa shape index (κ2) is 5.84. The van der Waals surface area contributed by atoms with Crippen molar-refractivity contribution in [1.82, 2.24) is 0 Å². The van der Waals surface area contributed by atoms with E-state index in [0.717, 1.165) is 16.7 Å². The molecule has 0 saturated heterocycles. The molecule has 5 heteroatoms. The average molecular weight is 265 g/mol. The van der Waals surface area contributed by atoms with Gasteiger partial charge in [-0.2, -0.15) is 0 Å². The number of nitrogens with two attached hydrogens (primary N) is 1. The highest BCUT2D eigenvalue weighted by molar-refractivity contribution is 6.02. The summed E-state index contributed by atoms with van der Waals surface area (Å²) in [7, 11) is 1.50. The molecular formula is C14H19NO4. The van der Waals surface area contributed by atoms with Crippen LogP contribution in [0.3, 0.4) is 0 Å². The zero-order chi connectivity index (χ0) is 14.7. The molecule has 1 aromatic rings. The first-order valence-electron chi connectivity index (χ1n) is 5.96. The number of hydrogen-bond donors (Lipinski definition) is 2. The van der Waals surface area contributed by atoms with Crippen molar-refractivity contribution in [2.45, 2.75) is 33.2 Å². The highest BCUT2D eigenvalue weighted by atomic mass is 16.5. The van der Waals surface area contributed by atoms with E-state index in [-0.39, 0.29) is 12.2 Å². The first kappa shape index (κ1) is 15.2. The third-order valence-corrected chi connectivity index (χ3v) is 3.19. The van der Waals surface area contributed by atoms with Crippen molar-refractivity contribution in [1.29, 1.82) is 0 Å². The Labute approximate surface area is 112 Å². The van der Waals surface area contributed by atoms with Crippen LogP contribution in [0.5, 0.6) is 5.75 Å². The summed E-state index contributed by atoms with van der Waals surface area (Å²) in [4.78, 5) is 22.9. The van der Waals surface area contributed by atoms with Crippen molar-refractivity contribution in [3.63, 3.8) is 0 Å². The van der Waals surface area contributed by atoms with Gasteiger partial charge in [0, 0.05) is 6.42 Å². The molecule has 0 aromatic heterocycles. The van der Waals surface area contributed by atoms with Gasteiger partial charge in [0.2, 0.25) is 0 Å². The second-order valence-corrected chi connectivity index (χ2v) is 4.62. The maximum atomic E-state index is 12.2. The van der Waals surface area contributed by atoms with E-state index in [9.17, 15) is 9.59 Å². The van der Waals surface area contributed by atoms with Crippen LogP contribution in [0.15, 0.2) is 6.07 Å². The lowest BCUT2D eigenvalue weighted by atomic mass is 9.93. The zero-order valence-electron chi connectivity index (χ0n) is 11.6. The largest absolute Gasteiger partial charge is 0.496 e. The fourth-order valence-corrected chi connectivity index (χ4v) is 2.04. The summed E-state index contributed by atoms with van der Waals surface area (Å²) in [5.41, 5.74) is 8.49. The second-order valence-electron chi connectivity index (χ2n) is 4.62. The van der Waals surface area contributed by atoms with Gasteiger partial charge in [-0.3, -0.25) is 9.59 Å². The van der Waals surface area contributed by atoms with Crippen LogP contribution in [0, 0.1) is 20.8 Å². The van der Waals surface area contributed by atoms with Crippen molar-refractivity contribution in [3.8, 4) is 5.75 Å². The lowest BCUT2D eigenvalue weighted by Gasteiger charge is -2.16.